The number of nitrogens with zero attached hydrogens (tertiary/aromatic N) is 4. The van der Waals surface area contributed by atoms with E-state index in [1.807, 2.05) is 23.2 Å². The molecule has 0 spiro atoms. The van der Waals surface area contributed by atoms with Gasteiger partial charge in [-0.3, -0.25) is 19.4 Å². The molecule has 4 aromatic rings. The average molecular weight is 639 g/mol. The largest absolute Gasteiger partial charge is 0.493 e. The zero-order valence-corrected chi connectivity index (χ0v) is 26.4. The number of carbonyl (C=O) groups excluding carboxylic acids is 4. The van der Waals surface area contributed by atoms with Crippen molar-refractivity contribution in [1.82, 2.24) is 14.0 Å². The van der Waals surface area contributed by atoms with Gasteiger partial charge in [-0.2, -0.15) is 0 Å². The summed E-state index contributed by atoms with van der Waals surface area (Å²) in [6.45, 7) is 0.402. The van der Waals surface area contributed by atoms with Crippen LogP contribution >= 0.6 is 0 Å². The number of amides is 3. The van der Waals surface area contributed by atoms with Crippen LogP contribution in [-0.4, -0.2) is 77.4 Å². The lowest BCUT2D eigenvalue weighted by molar-refractivity contribution is -0.118. The highest BCUT2D eigenvalue weighted by molar-refractivity contribution is 6.05. The van der Waals surface area contributed by atoms with Crippen molar-refractivity contribution in [1.29, 1.82) is 0 Å². The van der Waals surface area contributed by atoms with Gasteiger partial charge in [-0.1, -0.05) is 12.1 Å². The second kappa shape index (κ2) is 12.9. The van der Waals surface area contributed by atoms with Crippen LogP contribution in [0.1, 0.15) is 44.2 Å². The zero-order valence-electron chi connectivity index (χ0n) is 26.4. The Morgan fingerprint density at radius 2 is 1.66 bits per heavy atom. The maximum Gasteiger partial charge on any atom is 0.354 e. The third-order valence-electron chi connectivity index (χ3n) is 8.21. The number of rotatable bonds is 9. The van der Waals surface area contributed by atoms with E-state index >= 15 is 0 Å². The molecule has 2 aliphatic heterocycles. The first-order chi connectivity index (χ1) is 22.6. The van der Waals surface area contributed by atoms with Crippen molar-refractivity contribution in [2.24, 2.45) is 19.1 Å². The fraction of sp³-hybridized carbons (Fsp3) is 0.265. The molecule has 1 atom stereocenters. The Labute approximate surface area is 270 Å². The molecule has 6 rings (SSSR count). The van der Waals surface area contributed by atoms with Gasteiger partial charge in [0.05, 0.1) is 37.2 Å². The van der Waals surface area contributed by atoms with Gasteiger partial charge in [0.25, 0.3) is 17.7 Å². The maximum atomic E-state index is 13.1. The van der Waals surface area contributed by atoms with Crippen molar-refractivity contribution in [2.75, 3.05) is 38.0 Å². The molecule has 1 saturated heterocycles. The molecule has 2 aromatic heterocycles. The molecule has 2 N–H and O–H groups in total. The second-order valence-electron chi connectivity index (χ2n) is 11.3. The Morgan fingerprint density at radius 1 is 0.894 bits per heavy atom. The summed E-state index contributed by atoms with van der Waals surface area (Å²) in [4.78, 5) is 57.1. The minimum absolute atomic E-state index is 0.0188. The van der Waals surface area contributed by atoms with E-state index in [1.165, 1.54) is 14.2 Å². The summed E-state index contributed by atoms with van der Waals surface area (Å²) in [5.41, 5.74) is 4.32. The highest BCUT2D eigenvalue weighted by atomic mass is 16.5. The molecule has 1 fully saturated rings. The SMILES string of the molecule is COC(=O)c1cc(NC(=O)c2cc(-c3ccc(NC(=O)COc4cc5c(cc4OC)C(=O)N4CCC[C@H]4C=N5)cc3)cn2C)cn1C. The molecular formula is C34H34N6O7. The van der Waals surface area contributed by atoms with E-state index in [2.05, 4.69) is 15.6 Å². The molecule has 0 radical (unpaired) electrons. The Kier molecular flexibility index (Phi) is 8.53. The number of anilines is 2. The summed E-state index contributed by atoms with van der Waals surface area (Å²) >= 11 is 0. The van der Waals surface area contributed by atoms with E-state index in [-0.39, 0.29) is 30.4 Å². The number of hydrogen-bond acceptors (Lipinski definition) is 8. The molecule has 0 unspecified atom stereocenters. The fourth-order valence-electron chi connectivity index (χ4n) is 5.79. The van der Waals surface area contributed by atoms with Gasteiger partial charge < -0.3 is 38.9 Å². The fourth-order valence-corrected chi connectivity index (χ4v) is 5.79. The van der Waals surface area contributed by atoms with Crippen molar-refractivity contribution in [3.63, 3.8) is 0 Å². The van der Waals surface area contributed by atoms with E-state index in [4.69, 9.17) is 14.2 Å². The van der Waals surface area contributed by atoms with Gasteiger partial charge >= 0.3 is 5.97 Å². The third-order valence-corrected chi connectivity index (χ3v) is 8.21. The van der Waals surface area contributed by atoms with Crippen LogP contribution in [0.4, 0.5) is 17.1 Å². The van der Waals surface area contributed by atoms with Crippen molar-refractivity contribution >= 4 is 47.0 Å². The lowest BCUT2D eigenvalue weighted by Gasteiger charge is -2.20. The predicted octanol–water partition coefficient (Wildman–Crippen LogP) is 4.42. The lowest BCUT2D eigenvalue weighted by atomic mass is 10.1. The summed E-state index contributed by atoms with van der Waals surface area (Å²) in [5.74, 6) is -0.666. The van der Waals surface area contributed by atoms with Crippen LogP contribution < -0.4 is 20.1 Å². The Balaban J connectivity index is 1.08. The van der Waals surface area contributed by atoms with E-state index < -0.39 is 5.97 Å². The lowest BCUT2D eigenvalue weighted by Crippen LogP contribution is -2.35. The van der Waals surface area contributed by atoms with Gasteiger partial charge in [-0.25, -0.2) is 4.79 Å². The monoisotopic (exact) mass is 638 g/mol. The molecule has 3 amide bonds. The molecule has 4 heterocycles. The summed E-state index contributed by atoms with van der Waals surface area (Å²) in [6, 6.07) is 13.7. The maximum absolute atomic E-state index is 13.1. The van der Waals surface area contributed by atoms with Crippen LogP contribution in [0.2, 0.25) is 0 Å². The number of nitrogens with one attached hydrogen (secondary N) is 2. The first-order valence-electron chi connectivity index (χ1n) is 15.0. The number of aryl methyl sites for hydroxylation is 2. The first-order valence-corrected chi connectivity index (χ1v) is 15.0. The molecule has 0 bridgehead atoms. The van der Waals surface area contributed by atoms with Crippen molar-refractivity contribution < 1.29 is 33.4 Å². The van der Waals surface area contributed by atoms with Gasteiger partial charge in [0, 0.05) is 56.6 Å². The number of methoxy groups -OCH3 is 2. The highest BCUT2D eigenvalue weighted by Crippen LogP contribution is 2.38. The molecule has 2 aliphatic rings. The van der Waals surface area contributed by atoms with Gasteiger partial charge in [0.1, 0.15) is 11.4 Å². The molecule has 13 heteroatoms. The quantitative estimate of drug-likeness (QED) is 0.258. The topological polar surface area (TPSA) is 145 Å². The van der Waals surface area contributed by atoms with E-state index in [0.717, 1.165) is 24.0 Å². The van der Waals surface area contributed by atoms with Gasteiger partial charge in [-0.15, -0.1) is 0 Å². The Morgan fingerprint density at radius 3 is 2.40 bits per heavy atom. The van der Waals surface area contributed by atoms with Crippen LogP contribution in [0, 0.1) is 0 Å². The summed E-state index contributed by atoms with van der Waals surface area (Å²) in [6.07, 6.45) is 7.08. The van der Waals surface area contributed by atoms with E-state index in [0.29, 0.717) is 52.1 Å². The molecule has 47 heavy (non-hydrogen) atoms. The van der Waals surface area contributed by atoms with Gasteiger partial charge in [0.15, 0.2) is 18.1 Å². The van der Waals surface area contributed by atoms with Crippen LogP contribution in [0.15, 0.2) is 65.9 Å². The van der Waals surface area contributed by atoms with Crippen LogP contribution in [0.5, 0.6) is 11.5 Å². The molecule has 0 saturated carbocycles. The number of hydrogen-bond donors (Lipinski definition) is 2. The Hall–Kier alpha value is -5.85. The smallest absolute Gasteiger partial charge is 0.354 e. The number of ether oxygens (including phenoxy) is 3. The van der Waals surface area contributed by atoms with Crippen molar-refractivity contribution in [3.8, 4) is 22.6 Å². The zero-order chi connectivity index (χ0) is 33.2. The summed E-state index contributed by atoms with van der Waals surface area (Å²) in [7, 11) is 6.24. The summed E-state index contributed by atoms with van der Waals surface area (Å²) < 4.78 is 19.3. The van der Waals surface area contributed by atoms with Crippen LogP contribution in [-0.2, 0) is 23.6 Å². The van der Waals surface area contributed by atoms with Gasteiger partial charge in [-0.05, 0) is 48.7 Å². The minimum atomic E-state index is -0.500. The second-order valence-corrected chi connectivity index (χ2v) is 11.3. The third kappa shape index (κ3) is 6.32. The number of benzene rings is 2. The van der Waals surface area contributed by atoms with Crippen LogP contribution in [0.3, 0.4) is 0 Å². The highest BCUT2D eigenvalue weighted by Gasteiger charge is 2.32. The van der Waals surface area contributed by atoms with Crippen molar-refractivity contribution in [3.05, 3.63) is 77.9 Å². The number of carbonyl (C=O) groups is 4. The number of aromatic nitrogens is 2. The predicted molar refractivity (Wildman–Crippen MR) is 175 cm³/mol. The molecule has 242 valence electrons. The number of esters is 1. The number of aliphatic imine (C=N–C) groups is 1. The Bertz CT molecular complexity index is 1910. The van der Waals surface area contributed by atoms with E-state index in [1.54, 1.807) is 72.0 Å². The molecule has 13 nitrogen and oxygen atoms in total. The normalized spacial score (nSPS) is 15.0. The molecule has 0 aliphatic carbocycles. The standard InChI is InChI=1S/C34H34N6O7/c1-38-17-21(12-27(38)32(42)37-23-13-28(34(44)46-4)39(2)18-23)20-7-9-22(10-8-20)36-31(41)19-47-30-15-26-25(14-29(30)45-3)33(43)40-11-5-6-24(40)16-35-26/h7-10,12-18,24H,5-6,11,19H2,1-4H3,(H,36,41)(H,37,42)/t24-/m0/s1. The average Bonchev–Trinajstić information content (AvgIpc) is 3.78. The number of fused-ring (bicyclic) bond motifs is 2. The molecular weight excluding hydrogens is 604 g/mol. The first kappa shape index (κ1) is 31.1. The van der Waals surface area contributed by atoms with Gasteiger partial charge in [0.2, 0.25) is 0 Å². The van der Waals surface area contributed by atoms with Crippen molar-refractivity contribution in [2.45, 2.75) is 18.9 Å². The summed E-state index contributed by atoms with van der Waals surface area (Å²) in [5, 5.41) is 5.63. The van der Waals surface area contributed by atoms with E-state index in [9.17, 15) is 19.2 Å². The minimum Gasteiger partial charge on any atom is -0.493 e. The molecule has 2 aromatic carbocycles. The van der Waals surface area contributed by atoms with Crippen LogP contribution in [0.25, 0.3) is 11.1 Å².